The van der Waals surface area contributed by atoms with Gasteiger partial charge in [0.25, 0.3) is 0 Å². The van der Waals surface area contributed by atoms with Crippen molar-refractivity contribution in [2.45, 2.75) is 12.8 Å². The minimum Gasteiger partial charge on any atom is -0.253 e. The molecule has 0 saturated heterocycles. The number of hydrogen-bond acceptors (Lipinski definition) is 4. The molecule has 1 aromatic heterocycles. The summed E-state index contributed by atoms with van der Waals surface area (Å²) in [6, 6.07) is 16.7. The molecule has 1 heterocycles. The molecule has 0 aliphatic heterocycles. The van der Waals surface area contributed by atoms with Gasteiger partial charge in [0, 0.05) is 34.0 Å². The highest BCUT2D eigenvalue weighted by Crippen LogP contribution is 2.26. The van der Waals surface area contributed by atoms with E-state index in [4.69, 9.17) is 0 Å². The van der Waals surface area contributed by atoms with Gasteiger partial charge in [0.15, 0.2) is 0 Å². The zero-order chi connectivity index (χ0) is 15.6. The number of rotatable bonds is 3. The number of aromatic nitrogens is 1. The Labute approximate surface area is 147 Å². The van der Waals surface area contributed by atoms with Crippen LogP contribution in [0.4, 0.5) is 5.13 Å². The molecular weight excluding hydrogens is 370 g/mol. The Kier molecular flexibility index (Phi) is 3.97. The van der Waals surface area contributed by atoms with E-state index in [0.717, 1.165) is 39.4 Å². The highest BCUT2D eigenvalue weighted by atomic mass is 79.9. The van der Waals surface area contributed by atoms with Gasteiger partial charge < -0.3 is 0 Å². The van der Waals surface area contributed by atoms with Gasteiger partial charge in [0.2, 0.25) is 5.13 Å². The highest BCUT2D eigenvalue weighted by Gasteiger charge is 2.16. The lowest BCUT2D eigenvalue weighted by Gasteiger charge is -1.98. The molecule has 23 heavy (non-hydrogen) atoms. The molecule has 114 valence electrons. The second-order valence-electron chi connectivity index (χ2n) is 5.46. The van der Waals surface area contributed by atoms with E-state index in [1.54, 1.807) is 11.3 Å². The normalized spacial score (nSPS) is 13.0. The molecule has 0 fully saturated rings. The average molecular weight is 384 g/mol. The lowest BCUT2D eigenvalue weighted by Crippen LogP contribution is -2.01. The lowest BCUT2D eigenvalue weighted by atomic mass is 10.1. The third-order valence-corrected chi connectivity index (χ3v) is 5.14. The van der Waals surface area contributed by atoms with Crippen LogP contribution in [0.15, 0.2) is 63.5 Å². The van der Waals surface area contributed by atoms with Crippen LogP contribution in [-0.2, 0) is 12.8 Å². The fraction of sp³-hybridized carbons (Fsp3) is 0.111. The number of halogens is 1. The van der Waals surface area contributed by atoms with Crippen molar-refractivity contribution in [2.75, 3.05) is 5.43 Å². The van der Waals surface area contributed by atoms with Gasteiger partial charge in [0.05, 0.1) is 5.69 Å². The maximum Gasteiger partial charge on any atom is 0.203 e. The molecule has 0 unspecified atom stereocenters. The van der Waals surface area contributed by atoms with Crippen LogP contribution in [0, 0.1) is 0 Å². The molecule has 0 spiro atoms. The first-order chi connectivity index (χ1) is 11.3. The van der Waals surface area contributed by atoms with E-state index in [1.807, 2.05) is 12.1 Å². The summed E-state index contributed by atoms with van der Waals surface area (Å²) >= 11 is 5.02. The van der Waals surface area contributed by atoms with Crippen molar-refractivity contribution in [3.63, 3.8) is 0 Å². The molecule has 1 aliphatic carbocycles. The summed E-state index contributed by atoms with van der Waals surface area (Å²) in [5.74, 6) is 0. The maximum atomic E-state index is 4.61. The van der Waals surface area contributed by atoms with E-state index in [9.17, 15) is 0 Å². The van der Waals surface area contributed by atoms with Gasteiger partial charge in [-0.2, -0.15) is 5.10 Å². The largest absolute Gasteiger partial charge is 0.253 e. The van der Waals surface area contributed by atoms with Gasteiger partial charge in [-0.25, -0.2) is 4.98 Å². The predicted octanol–water partition coefficient (Wildman–Crippen LogP) is 5.14. The van der Waals surface area contributed by atoms with E-state index in [0.29, 0.717) is 0 Å². The van der Waals surface area contributed by atoms with Crippen LogP contribution >= 0.6 is 27.3 Å². The van der Waals surface area contributed by atoms with Crippen molar-refractivity contribution in [1.29, 1.82) is 0 Å². The fourth-order valence-electron chi connectivity index (χ4n) is 2.69. The van der Waals surface area contributed by atoms with Gasteiger partial charge in [-0.15, -0.1) is 11.3 Å². The first-order valence-corrected chi connectivity index (χ1v) is 9.05. The number of hydrogen-bond donors (Lipinski definition) is 1. The van der Waals surface area contributed by atoms with Gasteiger partial charge in [-0.3, -0.25) is 5.43 Å². The number of benzene rings is 2. The Hall–Kier alpha value is -1.98. The first-order valence-electron chi connectivity index (χ1n) is 7.37. The standard InChI is InChI=1S/C18H14BrN3S/c19-15-7-5-12(6-8-15)17-11-23-18(20-17)22-21-16-9-13-3-1-2-4-14(13)10-16/h1-8,11H,9-10H2,(H,20,22). The van der Waals surface area contributed by atoms with Crippen LogP contribution in [0.1, 0.15) is 11.1 Å². The smallest absolute Gasteiger partial charge is 0.203 e. The van der Waals surface area contributed by atoms with Crippen LogP contribution in [0.25, 0.3) is 11.3 Å². The molecule has 0 radical (unpaired) electrons. The number of nitrogens with zero attached hydrogens (tertiary/aromatic N) is 2. The van der Waals surface area contributed by atoms with Crippen LogP contribution in [0.5, 0.6) is 0 Å². The summed E-state index contributed by atoms with van der Waals surface area (Å²) in [7, 11) is 0. The molecule has 4 rings (SSSR count). The van der Waals surface area contributed by atoms with Crippen LogP contribution < -0.4 is 5.43 Å². The molecule has 0 atom stereocenters. The summed E-state index contributed by atoms with van der Waals surface area (Å²) in [5, 5.41) is 7.41. The predicted molar refractivity (Wildman–Crippen MR) is 100 cm³/mol. The van der Waals surface area contributed by atoms with E-state index in [-0.39, 0.29) is 0 Å². The lowest BCUT2D eigenvalue weighted by molar-refractivity contribution is 1.24. The van der Waals surface area contributed by atoms with E-state index < -0.39 is 0 Å². The number of thiazole rings is 1. The van der Waals surface area contributed by atoms with Crippen LogP contribution in [-0.4, -0.2) is 10.7 Å². The van der Waals surface area contributed by atoms with Crippen molar-refractivity contribution < 1.29 is 0 Å². The molecule has 3 aromatic rings. The Morgan fingerprint density at radius 3 is 2.39 bits per heavy atom. The fourth-order valence-corrected chi connectivity index (χ4v) is 3.61. The van der Waals surface area contributed by atoms with Crippen molar-refractivity contribution in [1.82, 2.24) is 4.98 Å². The monoisotopic (exact) mass is 383 g/mol. The molecular formula is C18H14BrN3S. The molecule has 0 bridgehead atoms. The highest BCUT2D eigenvalue weighted by molar-refractivity contribution is 9.10. The quantitative estimate of drug-likeness (QED) is 0.635. The topological polar surface area (TPSA) is 37.3 Å². The molecule has 0 saturated carbocycles. The van der Waals surface area contributed by atoms with E-state index >= 15 is 0 Å². The van der Waals surface area contributed by atoms with Crippen molar-refractivity contribution in [2.24, 2.45) is 5.10 Å². The Morgan fingerprint density at radius 2 is 1.70 bits per heavy atom. The summed E-state index contributed by atoms with van der Waals surface area (Å²) in [4.78, 5) is 4.61. The number of fused-ring (bicyclic) bond motifs is 1. The second kappa shape index (κ2) is 6.26. The molecule has 2 aromatic carbocycles. The molecule has 1 N–H and O–H groups in total. The summed E-state index contributed by atoms with van der Waals surface area (Å²) in [5.41, 5.74) is 9.10. The zero-order valence-corrected chi connectivity index (χ0v) is 14.7. The van der Waals surface area contributed by atoms with Gasteiger partial charge >= 0.3 is 0 Å². The van der Waals surface area contributed by atoms with Crippen molar-refractivity contribution in [3.8, 4) is 11.3 Å². The summed E-state index contributed by atoms with van der Waals surface area (Å²) in [6.45, 7) is 0. The van der Waals surface area contributed by atoms with Crippen molar-refractivity contribution in [3.05, 3.63) is 69.5 Å². The Balaban J connectivity index is 1.47. The third kappa shape index (κ3) is 3.21. The summed E-state index contributed by atoms with van der Waals surface area (Å²) < 4.78 is 1.07. The zero-order valence-electron chi connectivity index (χ0n) is 12.3. The van der Waals surface area contributed by atoms with Crippen LogP contribution in [0.2, 0.25) is 0 Å². The Bertz CT molecular complexity index is 841. The van der Waals surface area contributed by atoms with E-state index in [2.05, 4.69) is 73.2 Å². The molecule has 0 amide bonds. The minimum atomic E-state index is 0.825. The first kappa shape index (κ1) is 14.6. The second-order valence-corrected chi connectivity index (χ2v) is 7.23. The number of hydrazone groups is 1. The van der Waals surface area contributed by atoms with E-state index in [1.165, 1.54) is 11.1 Å². The minimum absolute atomic E-state index is 0.825. The molecule has 5 heteroatoms. The number of anilines is 1. The van der Waals surface area contributed by atoms with Gasteiger partial charge in [-0.1, -0.05) is 52.3 Å². The number of nitrogens with one attached hydrogen (secondary N) is 1. The Morgan fingerprint density at radius 1 is 1.00 bits per heavy atom. The third-order valence-electron chi connectivity index (χ3n) is 3.86. The summed E-state index contributed by atoms with van der Waals surface area (Å²) in [6.07, 6.45) is 1.85. The van der Waals surface area contributed by atoms with Gasteiger partial charge in [0.1, 0.15) is 0 Å². The van der Waals surface area contributed by atoms with Gasteiger partial charge in [-0.05, 0) is 23.3 Å². The van der Waals surface area contributed by atoms with Crippen LogP contribution in [0.3, 0.4) is 0 Å². The van der Waals surface area contributed by atoms with Crippen molar-refractivity contribution >= 4 is 38.1 Å². The molecule has 1 aliphatic rings. The maximum absolute atomic E-state index is 4.61. The average Bonchev–Trinajstić information content (AvgIpc) is 3.20. The molecule has 3 nitrogen and oxygen atoms in total. The SMILES string of the molecule is Brc1ccc(-c2csc(NN=C3Cc4ccccc4C3)n2)cc1.